The fourth-order valence-electron chi connectivity index (χ4n) is 4.79. The highest BCUT2D eigenvalue weighted by molar-refractivity contribution is 6.74. The second-order valence-electron chi connectivity index (χ2n) is 12.4. The molecule has 0 spiro atoms. The Morgan fingerprint density at radius 1 is 1.10 bits per heavy atom. The van der Waals surface area contributed by atoms with Gasteiger partial charge in [0.05, 0.1) is 13.2 Å². The van der Waals surface area contributed by atoms with Crippen LogP contribution in [0.5, 0.6) is 0 Å². The molecule has 1 N–H and O–H groups in total. The molecule has 1 aliphatic rings. The van der Waals surface area contributed by atoms with Gasteiger partial charge >= 0.3 is 11.9 Å². The van der Waals surface area contributed by atoms with Gasteiger partial charge in [-0.15, -0.1) is 0 Å². The molecule has 224 valence electrons. The van der Waals surface area contributed by atoms with E-state index in [1.165, 1.54) is 12.7 Å². The van der Waals surface area contributed by atoms with Crippen LogP contribution in [0.15, 0.2) is 53.8 Å². The third-order valence-electron chi connectivity index (χ3n) is 8.17. The van der Waals surface area contributed by atoms with Gasteiger partial charge in [0.1, 0.15) is 5.76 Å². The number of benzene rings is 1. The number of hydrogen-bond acceptors (Lipinski definition) is 6. The molecule has 1 unspecified atom stereocenters. The Bertz CT molecular complexity index is 992. The summed E-state index contributed by atoms with van der Waals surface area (Å²) in [5.74, 6) is 0.0513. The maximum absolute atomic E-state index is 12.6. The number of aryl methyl sites for hydroxylation is 1. The first kappa shape index (κ1) is 34.0. The summed E-state index contributed by atoms with van der Waals surface area (Å²) in [7, 11) is -0.783. The lowest BCUT2D eigenvalue weighted by Gasteiger charge is -2.39. The number of unbranched alkanes of at least 4 members (excludes halogenated alkanes) is 2. The number of carbonyl (C=O) groups is 2. The van der Waals surface area contributed by atoms with E-state index in [-0.39, 0.29) is 23.0 Å². The van der Waals surface area contributed by atoms with Gasteiger partial charge in [-0.2, -0.15) is 0 Å². The van der Waals surface area contributed by atoms with Crippen LogP contribution in [0.25, 0.3) is 0 Å². The smallest absolute Gasteiger partial charge is 0.334 e. The first-order valence-corrected chi connectivity index (χ1v) is 17.9. The Morgan fingerprint density at radius 2 is 1.80 bits per heavy atom. The van der Waals surface area contributed by atoms with Crippen molar-refractivity contribution in [2.24, 2.45) is 5.92 Å². The fraction of sp³-hybridized carbons (Fsp3) is 0.636. The van der Waals surface area contributed by atoms with Crippen LogP contribution in [0.3, 0.4) is 0 Å². The van der Waals surface area contributed by atoms with E-state index in [1.54, 1.807) is 0 Å². The Balaban J connectivity index is 2.23. The van der Waals surface area contributed by atoms with E-state index in [1.807, 2.05) is 13.0 Å². The first-order chi connectivity index (χ1) is 18.9. The number of aliphatic hydroxyl groups excluding tert-OH is 1. The minimum atomic E-state index is -2.07. The third kappa shape index (κ3) is 10.6. The Morgan fingerprint density at radius 3 is 2.42 bits per heavy atom. The van der Waals surface area contributed by atoms with Gasteiger partial charge in [-0.1, -0.05) is 83.0 Å². The van der Waals surface area contributed by atoms with Crippen molar-refractivity contribution in [3.63, 3.8) is 0 Å². The van der Waals surface area contributed by atoms with Crippen molar-refractivity contribution in [1.82, 2.24) is 0 Å². The third-order valence-corrected chi connectivity index (χ3v) is 12.7. The average molecular weight is 573 g/mol. The second kappa shape index (κ2) is 16.3. The predicted molar refractivity (Wildman–Crippen MR) is 163 cm³/mol. The normalized spacial score (nSPS) is 18.8. The van der Waals surface area contributed by atoms with Crippen LogP contribution in [0.4, 0.5) is 0 Å². The average Bonchev–Trinajstić information content (AvgIpc) is 3.20. The van der Waals surface area contributed by atoms with Crippen LogP contribution in [-0.4, -0.2) is 44.7 Å². The molecule has 1 aromatic rings. The summed E-state index contributed by atoms with van der Waals surface area (Å²) in [5.41, 5.74) is 2.46. The van der Waals surface area contributed by atoms with Crippen molar-refractivity contribution in [3.8, 4) is 0 Å². The molecule has 0 aromatic heterocycles. The topological polar surface area (TPSA) is 82.1 Å². The van der Waals surface area contributed by atoms with E-state index in [4.69, 9.17) is 9.16 Å². The number of aliphatic hydroxyl groups is 1. The first-order valence-electron chi connectivity index (χ1n) is 15.0. The predicted octanol–water partition coefficient (Wildman–Crippen LogP) is 7.67. The van der Waals surface area contributed by atoms with Crippen molar-refractivity contribution in [1.29, 1.82) is 0 Å². The summed E-state index contributed by atoms with van der Waals surface area (Å²) >= 11 is 0. The van der Waals surface area contributed by atoms with Crippen molar-refractivity contribution in [2.75, 3.05) is 7.11 Å². The number of carbonyl (C=O) groups excluding carboxylic acids is 2. The zero-order valence-corrected chi connectivity index (χ0v) is 26.8. The Labute approximate surface area is 243 Å². The second-order valence-corrected chi connectivity index (χ2v) is 17.2. The molecule has 0 bridgehead atoms. The number of allylic oxidation sites excluding steroid dienone is 1. The lowest BCUT2D eigenvalue weighted by Crippen LogP contribution is -2.45. The van der Waals surface area contributed by atoms with E-state index in [0.717, 1.165) is 56.3 Å². The lowest BCUT2D eigenvalue weighted by atomic mass is 9.93. The van der Waals surface area contributed by atoms with Gasteiger partial charge < -0.3 is 19.0 Å². The Hall–Kier alpha value is -2.22. The molecule has 7 heteroatoms. The van der Waals surface area contributed by atoms with Crippen molar-refractivity contribution in [3.05, 3.63) is 59.4 Å². The van der Waals surface area contributed by atoms with Crippen molar-refractivity contribution < 1.29 is 28.6 Å². The molecular formula is C33H52O6Si. The van der Waals surface area contributed by atoms with Crippen LogP contribution in [0.1, 0.15) is 91.0 Å². The highest BCUT2D eigenvalue weighted by atomic mass is 28.4. The van der Waals surface area contributed by atoms with E-state index >= 15 is 0 Å². The monoisotopic (exact) mass is 572 g/mol. The molecule has 40 heavy (non-hydrogen) atoms. The summed E-state index contributed by atoms with van der Waals surface area (Å²) < 4.78 is 17.6. The van der Waals surface area contributed by atoms with Crippen LogP contribution < -0.4 is 0 Å². The number of hydrogen-bond donors (Lipinski definition) is 1. The molecule has 1 aliphatic carbocycles. The molecule has 0 saturated heterocycles. The summed E-state index contributed by atoms with van der Waals surface area (Å²) in [4.78, 5) is 24.1. The highest BCUT2D eigenvalue weighted by Gasteiger charge is 2.44. The molecule has 0 radical (unpaired) electrons. The summed E-state index contributed by atoms with van der Waals surface area (Å²) in [6.07, 6.45) is 10.6. The number of esters is 2. The summed E-state index contributed by atoms with van der Waals surface area (Å²) in [6.45, 7) is 13.3. The molecule has 2 rings (SSSR count). The van der Waals surface area contributed by atoms with E-state index in [2.05, 4.69) is 75.0 Å². The standard InChI is InChI=1S/C33H52O6Si/c1-8-17-31(35)38-29-24-30(39-40(6,7)33(2,3)4)27(22-16-15-20-25-18-11-9-12-19-25)26(29)21-13-10-14-23-28(34)32(36)37-5/h9,11-12,16,18-19,22,27-28,30,34H,8,10,13-15,17,20-21,23-24H2,1-7H3/t27-,28?,30+/m0/s1. The van der Waals surface area contributed by atoms with Gasteiger partial charge in [0.25, 0.3) is 0 Å². The van der Waals surface area contributed by atoms with Gasteiger partial charge in [-0.25, -0.2) is 4.79 Å². The maximum atomic E-state index is 12.6. The van der Waals surface area contributed by atoms with Crippen LogP contribution in [0, 0.1) is 5.92 Å². The molecule has 3 atom stereocenters. The minimum Gasteiger partial charge on any atom is -0.467 e. The number of rotatable bonds is 16. The molecule has 0 aliphatic heterocycles. The number of methoxy groups -OCH3 is 1. The quantitative estimate of drug-likeness (QED) is 0.0947. The van der Waals surface area contributed by atoms with Crippen molar-refractivity contribution >= 4 is 20.3 Å². The molecule has 0 heterocycles. The van der Waals surface area contributed by atoms with Gasteiger partial charge in [-0.05, 0) is 67.8 Å². The molecule has 6 nitrogen and oxygen atoms in total. The highest BCUT2D eigenvalue weighted by Crippen LogP contribution is 2.44. The zero-order chi connectivity index (χ0) is 29.8. The van der Waals surface area contributed by atoms with Gasteiger partial charge in [-0.3, -0.25) is 4.79 Å². The largest absolute Gasteiger partial charge is 0.467 e. The van der Waals surface area contributed by atoms with Crippen LogP contribution in [-0.2, 0) is 29.9 Å². The van der Waals surface area contributed by atoms with Gasteiger partial charge in [0.2, 0.25) is 0 Å². The van der Waals surface area contributed by atoms with E-state index < -0.39 is 20.4 Å². The fourth-order valence-corrected chi connectivity index (χ4v) is 6.13. The molecule has 1 aromatic carbocycles. The van der Waals surface area contributed by atoms with Gasteiger partial charge in [0.15, 0.2) is 14.4 Å². The van der Waals surface area contributed by atoms with Crippen LogP contribution in [0.2, 0.25) is 18.1 Å². The SMILES string of the molecule is CCCC(=O)OC1=C(CCCCCC(O)C(=O)OC)[C@H](C=CCCc2ccccc2)[C@H](O[Si](C)(C)C(C)(C)C)C1. The molecule has 0 amide bonds. The molecule has 0 fully saturated rings. The van der Waals surface area contributed by atoms with Gasteiger partial charge in [0, 0.05) is 18.8 Å². The Kier molecular flexibility index (Phi) is 13.8. The molecular weight excluding hydrogens is 520 g/mol. The van der Waals surface area contributed by atoms with E-state index in [9.17, 15) is 14.7 Å². The van der Waals surface area contributed by atoms with Crippen molar-refractivity contribution in [2.45, 2.75) is 122 Å². The summed E-state index contributed by atoms with van der Waals surface area (Å²) in [5, 5.41) is 9.98. The van der Waals surface area contributed by atoms with Crippen LogP contribution >= 0.6 is 0 Å². The maximum Gasteiger partial charge on any atom is 0.334 e. The molecule has 0 saturated carbocycles. The van der Waals surface area contributed by atoms with E-state index in [0.29, 0.717) is 19.3 Å². The summed E-state index contributed by atoms with van der Waals surface area (Å²) in [6, 6.07) is 10.5. The lowest BCUT2D eigenvalue weighted by molar-refractivity contribution is -0.150. The zero-order valence-electron chi connectivity index (χ0n) is 25.8. The minimum absolute atomic E-state index is 0.0509. The number of ether oxygens (including phenoxy) is 2.